The lowest BCUT2D eigenvalue weighted by Gasteiger charge is -2.20. The van der Waals surface area contributed by atoms with Gasteiger partial charge >= 0.3 is 0 Å². The first-order valence-electron chi connectivity index (χ1n) is 6.33. The van der Waals surface area contributed by atoms with Crippen molar-refractivity contribution in [3.8, 4) is 0 Å². The third-order valence-electron chi connectivity index (χ3n) is 3.38. The fraction of sp³-hybridized carbons (Fsp3) is 0.643. The van der Waals surface area contributed by atoms with Crippen molar-refractivity contribution < 1.29 is 4.79 Å². The average Bonchev–Trinajstić information content (AvgIpc) is 2.28. The second kappa shape index (κ2) is 4.55. The van der Waals surface area contributed by atoms with E-state index in [1.807, 2.05) is 20.8 Å². The molecule has 3 nitrogen and oxygen atoms in total. The molecule has 92 valence electrons. The first-order valence-corrected chi connectivity index (χ1v) is 6.33. The minimum atomic E-state index is -0.285. The predicted molar refractivity (Wildman–Crippen MR) is 66.8 cm³/mol. The molecular formula is C14H20N2O. The molecule has 0 amide bonds. The monoisotopic (exact) mass is 232 g/mol. The molecule has 0 atom stereocenters. The van der Waals surface area contributed by atoms with Crippen molar-refractivity contribution in [1.82, 2.24) is 9.97 Å². The summed E-state index contributed by atoms with van der Waals surface area (Å²) < 4.78 is 0. The van der Waals surface area contributed by atoms with Gasteiger partial charge in [0, 0.05) is 17.5 Å². The minimum Gasteiger partial charge on any atom is -0.299 e. The molecule has 1 aromatic heterocycles. The van der Waals surface area contributed by atoms with Crippen LogP contribution in [0.5, 0.6) is 0 Å². The van der Waals surface area contributed by atoms with E-state index in [1.54, 1.807) is 6.33 Å². The Hall–Kier alpha value is -1.25. The van der Waals surface area contributed by atoms with Crippen LogP contribution in [0.15, 0.2) is 6.33 Å². The largest absolute Gasteiger partial charge is 0.299 e. The standard InChI is InChI=1S/C14H20N2O/c1-14(2,3)13(17)8-12-10-6-4-5-7-11(10)15-9-16-12/h9H,4-8H2,1-3H3. The van der Waals surface area contributed by atoms with Crippen molar-refractivity contribution in [1.29, 1.82) is 0 Å². The fourth-order valence-corrected chi connectivity index (χ4v) is 2.16. The lowest BCUT2D eigenvalue weighted by atomic mass is 9.86. The molecule has 1 aliphatic carbocycles. The van der Waals surface area contributed by atoms with Crippen LogP contribution in [-0.4, -0.2) is 15.8 Å². The summed E-state index contributed by atoms with van der Waals surface area (Å²) in [5, 5.41) is 0. The molecule has 1 heterocycles. The molecule has 0 bridgehead atoms. The van der Waals surface area contributed by atoms with Gasteiger partial charge in [-0.3, -0.25) is 4.79 Å². The molecule has 1 aromatic rings. The average molecular weight is 232 g/mol. The number of carbonyl (C=O) groups is 1. The second-order valence-electron chi connectivity index (χ2n) is 5.80. The smallest absolute Gasteiger partial charge is 0.144 e. The number of nitrogens with zero attached hydrogens (tertiary/aromatic N) is 2. The second-order valence-corrected chi connectivity index (χ2v) is 5.80. The molecule has 1 aliphatic rings. The van der Waals surface area contributed by atoms with E-state index in [0.29, 0.717) is 6.42 Å². The molecule has 0 N–H and O–H groups in total. The van der Waals surface area contributed by atoms with E-state index in [1.165, 1.54) is 18.4 Å². The Morgan fingerprint density at radius 2 is 1.94 bits per heavy atom. The highest BCUT2D eigenvalue weighted by molar-refractivity contribution is 5.85. The number of fused-ring (bicyclic) bond motifs is 1. The first-order chi connectivity index (χ1) is 7.98. The molecule has 0 unspecified atom stereocenters. The van der Waals surface area contributed by atoms with Crippen molar-refractivity contribution in [3.63, 3.8) is 0 Å². The molecule has 0 saturated carbocycles. The first kappa shape index (κ1) is 12.2. The summed E-state index contributed by atoms with van der Waals surface area (Å²) >= 11 is 0. The van der Waals surface area contributed by atoms with E-state index in [-0.39, 0.29) is 11.2 Å². The Balaban J connectivity index is 2.25. The highest BCUT2D eigenvalue weighted by atomic mass is 16.1. The zero-order chi connectivity index (χ0) is 12.5. The molecule has 0 aliphatic heterocycles. The van der Waals surface area contributed by atoms with Crippen LogP contribution in [0.25, 0.3) is 0 Å². The molecule has 2 rings (SSSR count). The van der Waals surface area contributed by atoms with Crippen molar-refractivity contribution in [3.05, 3.63) is 23.3 Å². The van der Waals surface area contributed by atoms with E-state index in [9.17, 15) is 4.79 Å². The Labute approximate surface area is 103 Å². The number of ketones is 1. The number of aryl methyl sites for hydroxylation is 1. The highest BCUT2D eigenvalue weighted by Gasteiger charge is 2.24. The molecule has 0 aromatic carbocycles. The van der Waals surface area contributed by atoms with Crippen LogP contribution in [0.3, 0.4) is 0 Å². The summed E-state index contributed by atoms with van der Waals surface area (Å²) in [6, 6.07) is 0. The molecule has 0 radical (unpaired) electrons. The van der Waals surface area contributed by atoms with Gasteiger partial charge in [0.2, 0.25) is 0 Å². The van der Waals surface area contributed by atoms with Crippen molar-refractivity contribution in [2.45, 2.75) is 52.9 Å². The maximum atomic E-state index is 12.1. The number of aromatic nitrogens is 2. The van der Waals surface area contributed by atoms with Crippen LogP contribution in [0, 0.1) is 5.41 Å². The van der Waals surface area contributed by atoms with Gasteiger partial charge in [-0.05, 0) is 31.2 Å². The minimum absolute atomic E-state index is 0.254. The van der Waals surface area contributed by atoms with Gasteiger partial charge < -0.3 is 0 Å². The summed E-state index contributed by atoms with van der Waals surface area (Å²) in [5.74, 6) is 0.254. The molecular weight excluding hydrogens is 212 g/mol. The van der Waals surface area contributed by atoms with Crippen LogP contribution in [0.2, 0.25) is 0 Å². The van der Waals surface area contributed by atoms with Crippen molar-refractivity contribution in [2.75, 3.05) is 0 Å². The van der Waals surface area contributed by atoms with E-state index >= 15 is 0 Å². The summed E-state index contributed by atoms with van der Waals surface area (Å²) in [4.78, 5) is 20.7. The van der Waals surface area contributed by atoms with Gasteiger partial charge in [-0.2, -0.15) is 0 Å². The zero-order valence-corrected chi connectivity index (χ0v) is 10.9. The zero-order valence-electron chi connectivity index (χ0n) is 10.9. The maximum Gasteiger partial charge on any atom is 0.144 e. The van der Waals surface area contributed by atoms with Gasteiger partial charge in [-0.25, -0.2) is 9.97 Å². The number of hydrogen-bond acceptors (Lipinski definition) is 3. The quantitative estimate of drug-likeness (QED) is 0.787. The van der Waals surface area contributed by atoms with Crippen molar-refractivity contribution >= 4 is 5.78 Å². The Morgan fingerprint density at radius 3 is 2.65 bits per heavy atom. The highest BCUT2D eigenvalue weighted by Crippen LogP contribution is 2.24. The van der Waals surface area contributed by atoms with Gasteiger partial charge in [0.15, 0.2) is 0 Å². The van der Waals surface area contributed by atoms with Gasteiger partial charge in [-0.1, -0.05) is 20.8 Å². The summed E-state index contributed by atoms with van der Waals surface area (Å²) in [6.07, 6.45) is 6.52. The number of hydrogen-bond donors (Lipinski definition) is 0. The maximum absolute atomic E-state index is 12.1. The van der Waals surface area contributed by atoms with Crippen LogP contribution in [0.4, 0.5) is 0 Å². The van der Waals surface area contributed by atoms with E-state index in [2.05, 4.69) is 9.97 Å². The van der Waals surface area contributed by atoms with E-state index in [0.717, 1.165) is 24.2 Å². The molecule has 17 heavy (non-hydrogen) atoms. The third-order valence-corrected chi connectivity index (χ3v) is 3.38. The fourth-order valence-electron chi connectivity index (χ4n) is 2.16. The van der Waals surface area contributed by atoms with Gasteiger partial charge in [0.1, 0.15) is 12.1 Å². The van der Waals surface area contributed by atoms with E-state index in [4.69, 9.17) is 0 Å². The van der Waals surface area contributed by atoms with E-state index < -0.39 is 0 Å². The molecule has 3 heteroatoms. The topological polar surface area (TPSA) is 42.9 Å². The number of rotatable bonds is 2. The van der Waals surface area contributed by atoms with Gasteiger partial charge in [0.05, 0.1) is 5.69 Å². The Kier molecular flexibility index (Phi) is 3.27. The Morgan fingerprint density at radius 1 is 1.24 bits per heavy atom. The van der Waals surface area contributed by atoms with Crippen LogP contribution in [0.1, 0.15) is 50.6 Å². The summed E-state index contributed by atoms with van der Waals surface area (Å²) in [6.45, 7) is 5.88. The lowest BCUT2D eigenvalue weighted by Crippen LogP contribution is -2.24. The summed E-state index contributed by atoms with van der Waals surface area (Å²) in [7, 11) is 0. The lowest BCUT2D eigenvalue weighted by molar-refractivity contribution is -0.125. The SMILES string of the molecule is CC(C)(C)C(=O)Cc1ncnc2c1CCCC2. The number of Topliss-reactive ketones (excluding diaryl/α,β-unsaturated/α-hetero) is 1. The molecule has 0 fully saturated rings. The van der Waals surface area contributed by atoms with Crippen LogP contribution < -0.4 is 0 Å². The molecule has 0 spiro atoms. The van der Waals surface area contributed by atoms with Crippen molar-refractivity contribution in [2.24, 2.45) is 5.41 Å². The summed E-state index contributed by atoms with van der Waals surface area (Å²) in [5.41, 5.74) is 3.06. The third kappa shape index (κ3) is 2.71. The van der Waals surface area contributed by atoms with Gasteiger partial charge in [-0.15, -0.1) is 0 Å². The van der Waals surface area contributed by atoms with Crippen LogP contribution >= 0.6 is 0 Å². The predicted octanol–water partition coefficient (Wildman–Crippen LogP) is 2.51. The number of carbonyl (C=O) groups excluding carboxylic acids is 1. The molecule has 0 saturated heterocycles. The van der Waals surface area contributed by atoms with Crippen LogP contribution in [-0.2, 0) is 24.1 Å². The Bertz CT molecular complexity index is 432. The van der Waals surface area contributed by atoms with Gasteiger partial charge in [0.25, 0.3) is 0 Å². The normalized spacial score (nSPS) is 15.5.